The third-order valence-electron chi connectivity index (χ3n) is 0.874. The smallest absolute Gasteiger partial charge is 0.293 e. The molecule has 1 aliphatic heterocycles. The highest BCUT2D eigenvalue weighted by Crippen LogP contribution is 1.92. The van der Waals surface area contributed by atoms with Crippen molar-refractivity contribution in [3.63, 3.8) is 0 Å². The molecule has 9 heavy (non-hydrogen) atoms. The Bertz CT molecular complexity index is 227. The van der Waals surface area contributed by atoms with E-state index in [4.69, 9.17) is 0 Å². The zero-order chi connectivity index (χ0) is 6.85. The number of urea groups is 1. The number of hydrogen-bond acceptors (Lipinski definition) is 2. The average molecular weight is 124 g/mol. The molecule has 0 aliphatic carbocycles. The molecule has 4 nitrogen and oxygen atoms in total. The largest absolute Gasteiger partial charge is 0.367 e. The van der Waals surface area contributed by atoms with Gasteiger partial charge >= 0.3 is 6.03 Å². The van der Waals surface area contributed by atoms with Gasteiger partial charge in [-0.25, -0.2) is 4.79 Å². The Kier molecular flexibility index (Phi) is 1.22. The van der Waals surface area contributed by atoms with Crippen molar-refractivity contribution in [1.82, 2.24) is 0 Å². The van der Waals surface area contributed by atoms with Crippen molar-refractivity contribution in [3.05, 3.63) is 0 Å². The fraction of sp³-hybridized carbons (Fsp3) is 0.200. The molecular formula is C5H4N2O2. The predicted octanol–water partition coefficient (Wildman–Crippen LogP) is 0.221. The second-order valence-electron chi connectivity index (χ2n) is 1.59. The van der Waals surface area contributed by atoms with Crippen molar-refractivity contribution in [2.45, 2.75) is 6.92 Å². The first kappa shape index (κ1) is 5.81. The van der Waals surface area contributed by atoms with Crippen LogP contribution in [0.4, 0.5) is 4.79 Å². The third kappa shape index (κ3) is 1.07. The van der Waals surface area contributed by atoms with Crippen molar-refractivity contribution in [3.8, 4) is 0 Å². The van der Waals surface area contributed by atoms with Crippen LogP contribution >= 0.6 is 0 Å². The third-order valence-corrected chi connectivity index (χ3v) is 0.874. The van der Waals surface area contributed by atoms with Gasteiger partial charge in [0, 0.05) is 6.92 Å². The van der Waals surface area contributed by atoms with Crippen LogP contribution < -0.4 is 0 Å². The molecule has 0 spiro atoms. The van der Waals surface area contributed by atoms with Gasteiger partial charge in [0.2, 0.25) is 0 Å². The molecule has 46 valence electrons. The van der Waals surface area contributed by atoms with Crippen molar-refractivity contribution in [2.75, 3.05) is 0 Å². The summed E-state index contributed by atoms with van der Waals surface area (Å²) in [6, 6.07) is -0.597. The number of carbonyl (C=O) groups is 2. The summed E-state index contributed by atoms with van der Waals surface area (Å²) in [5, 5.41) is 0. The quantitative estimate of drug-likeness (QED) is 0.502. The molecule has 0 bridgehead atoms. The van der Waals surface area contributed by atoms with Gasteiger partial charge in [-0.1, -0.05) is 0 Å². The number of amides is 2. The summed E-state index contributed by atoms with van der Waals surface area (Å²) in [6.45, 7) is 1.34. The lowest BCUT2D eigenvalue weighted by Gasteiger charge is -1.80. The number of hydrogen-bond donors (Lipinski definition) is 0. The number of Topliss-reactive ketones (excluding diaryl/α,β-unsaturated/α-hetero) is 1. The van der Waals surface area contributed by atoms with Crippen LogP contribution in [-0.2, 0) is 4.79 Å². The van der Waals surface area contributed by atoms with Gasteiger partial charge in [0.25, 0.3) is 0 Å². The topological polar surface area (TPSA) is 58.9 Å². The molecule has 0 fully saturated rings. The van der Waals surface area contributed by atoms with E-state index in [1.807, 2.05) is 0 Å². The van der Waals surface area contributed by atoms with E-state index in [0.717, 1.165) is 0 Å². The summed E-state index contributed by atoms with van der Waals surface area (Å²) < 4.78 is 0. The van der Waals surface area contributed by atoms with Gasteiger partial charge in [-0.2, -0.15) is 9.98 Å². The first-order valence-corrected chi connectivity index (χ1v) is 2.38. The van der Waals surface area contributed by atoms with E-state index in [0.29, 0.717) is 0 Å². The Labute approximate surface area is 51.3 Å². The van der Waals surface area contributed by atoms with Crippen LogP contribution in [0.25, 0.3) is 0 Å². The summed E-state index contributed by atoms with van der Waals surface area (Å²) in [5.41, 5.74) is 0.139. The molecule has 1 rings (SSSR count). The van der Waals surface area contributed by atoms with E-state index < -0.39 is 6.03 Å². The highest BCUT2D eigenvalue weighted by atomic mass is 16.2. The van der Waals surface area contributed by atoms with Crippen molar-refractivity contribution < 1.29 is 9.59 Å². The summed E-state index contributed by atoms with van der Waals surface area (Å²) in [7, 11) is 0. The van der Waals surface area contributed by atoms with E-state index in [-0.39, 0.29) is 11.5 Å². The van der Waals surface area contributed by atoms with Crippen molar-refractivity contribution in [2.24, 2.45) is 9.98 Å². The van der Waals surface area contributed by atoms with Crippen LogP contribution in [-0.4, -0.2) is 23.7 Å². The molecule has 0 unspecified atom stereocenters. The highest BCUT2D eigenvalue weighted by Gasteiger charge is 2.10. The number of aliphatic imine (C=N–C) groups is 2. The van der Waals surface area contributed by atoms with Gasteiger partial charge in [0.05, 0.1) is 6.21 Å². The molecule has 2 amide bonds. The summed E-state index contributed by atoms with van der Waals surface area (Å²) in [6.07, 6.45) is 1.17. The monoisotopic (exact) mass is 124 g/mol. The maximum Gasteiger partial charge on any atom is 0.367 e. The standard InChI is InChI=1S/C5H4N2O2/c1-3(8)4-2-6-5(9)7-4/h2H,1H3. The van der Waals surface area contributed by atoms with Gasteiger partial charge in [-0.15, -0.1) is 0 Å². The van der Waals surface area contributed by atoms with Crippen LogP contribution in [0.3, 0.4) is 0 Å². The second-order valence-corrected chi connectivity index (χ2v) is 1.59. The minimum Gasteiger partial charge on any atom is -0.293 e. The first-order valence-electron chi connectivity index (χ1n) is 2.38. The fourth-order valence-corrected chi connectivity index (χ4v) is 0.447. The fourth-order valence-electron chi connectivity index (χ4n) is 0.447. The Morgan fingerprint density at radius 3 is 2.56 bits per heavy atom. The molecular weight excluding hydrogens is 120 g/mol. The van der Waals surface area contributed by atoms with Gasteiger partial charge in [-0.05, 0) is 0 Å². The van der Waals surface area contributed by atoms with E-state index >= 15 is 0 Å². The molecule has 0 saturated carbocycles. The van der Waals surface area contributed by atoms with E-state index in [2.05, 4.69) is 9.98 Å². The molecule has 1 aliphatic rings. The van der Waals surface area contributed by atoms with Crippen molar-refractivity contribution in [1.29, 1.82) is 0 Å². The molecule has 0 aromatic heterocycles. The summed E-state index contributed by atoms with van der Waals surface area (Å²) in [4.78, 5) is 27.2. The molecule has 0 aromatic rings. The van der Waals surface area contributed by atoms with E-state index in [9.17, 15) is 9.59 Å². The molecule has 0 saturated heterocycles. The molecule has 1 heterocycles. The zero-order valence-electron chi connectivity index (χ0n) is 4.79. The molecule has 0 aromatic carbocycles. The minimum atomic E-state index is -0.597. The number of ketones is 1. The normalized spacial score (nSPS) is 16.1. The number of carbonyl (C=O) groups excluding carboxylic acids is 2. The Hall–Kier alpha value is -1.32. The Morgan fingerprint density at radius 1 is 1.67 bits per heavy atom. The van der Waals surface area contributed by atoms with Crippen LogP contribution in [0.15, 0.2) is 9.98 Å². The van der Waals surface area contributed by atoms with Gasteiger partial charge in [0.15, 0.2) is 5.78 Å². The predicted molar refractivity (Wildman–Crippen MR) is 32.0 cm³/mol. The maximum absolute atomic E-state index is 10.4. The van der Waals surface area contributed by atoms with Gasteiger partial charge < -0.3 is 0 Å². The second kappa shape index (κ2) is 1.89. The van der Waals surface area contributed by atoms with E-state index in [1.54, 1.807) is 0 Å². The van der Waals surface area contributed by atoms with E-state index in [1.165, 1.54) is 13.1 Å². The Morgan fingerprint density at radius 2 is 2.33 bits per heavy atom. The van der Waals surface area contributed by atoms with Gasteiger partial charge in [-0.3, -0.25) is 4.79 Å². The Balaban J connectivity index is 2.88. The number of rotatable bonds is 1. The van der Waals surface area contributed by atoms with Crippen LogP contribution in [0.2, 0.25) is 0 Å². The summed E-state index contributed by atoms with van der Waals surface area (Å²) in [5.74, 6) is -0.232. The molecule has 4 heteroatoms. The summed E-state index contributed by atoms with van der Waals surface area (Å²) >= 11 is 0. The molecule has 0 N–H and O–H groups in total. The highest BCUT2D eigenvalue weighted by molar-refractivity contribution is 6.63. The zero-order valence-corrected chi connectivity index (χ0v) is 4.79. The first-order chi connectivity index (χ1) is 4.20. The van der Waals surface area contributed by atoms with Crippen LogP contribution in [0, 0.1) is 0 Å². The molecule has 0 radical (unpaired) electrons. The van der Waals surface area contributed by atoms with Crippen LogP contribution in [0.5, 0.6) is 0 Å². The minimum absolute atomic E-state index is 0.139. The SMILES string of the molecule is CC(=O)C1=NC(=O)N=C1. The lowest BCUT2D eigenvalue weighted by Crippen LogP contribution is -2.07. The lowest BCUT2D eigenvalue weighted by atomic mass is 10.3. The van der Waals surface area contributed by atoms with Crippen molar-refractivity contribution >= 4 is 23.7 Å². The molecule has 0 atom stereocenters. The average Bonchev–Trinajstić information content (AvgIpc) is 2.14. The van der Waals surface area contributed by atoms with Crippen LogP contribution in [0.1, 0.15) is 6.92 Å². The lowest BCUT2D eigenvalue weighted by molar-refractivity contribution is -0.110. The maximum atomic E-state index is 10.4. The van der Waals surface area contributed by atoms with Gasteiger partial charge in [0.1, 0.15) is 5.71 Å². The number of nitrogens with zero attached hydrogens (tertiary/aromatic N) is 2.